The summed E-state index contributed by atoms with van der Waals surface area (Å²) in [6, 6.07) is 8.85. The molecule has 0 aliphatic rings. The van der Waals surface area contributed by atoms with Crippen LogP contribution in [0.3, 0.4) is 0 Å². The number of nitrogens with one attached hydrogen (secondary N) is 1. The molecule has 15 heavy (non-hydrogen) atoms. The smallest absolute Gasteiger partial charge is 0.0141 e. The van der Waals surface area contributed by atoms with Crippen molar-refractivity contribution in [1.29, 1.82) is 0 Å². The molecule has 1 nitrogen and oxygen atoms in total. The molecule has 1 heteroatoms. The van der Waals surface area contributed by atoms with Crippen molar-refractivity contribution in [2.24, 2.45) is 0 Å². The van der Waals surface area contributed by atoms with Gasteiger partial charge in [-0.1, -0.05) is 42.8 Å². The number of rotatable bonds is 7. The lowest BCUT2D eigenvalue weighted by Gasteiger charge is -2.02. The van der Waals surface area contributed by atoms with E-state index in [1.807, 2.05) is 0 Å². The first-order valence-corrected chi connectivity index (χ1v) is 5.73. The average molecular weight is 203 g/mol. The predicted molar refractivity (Wildman–Crippen MR) is 66.9 cm³/mol. The maximum absolute atomic E-state index is 3.62. The van der Waals surface area contributed by atoms with E-state index in [2.05, 4.69) is 43.1 Å². The van der Waals surface area contributed by atoms with Crippen LogP contribution in [-0.2, 0) is 6.42 Å². The Bertz CT molecular complexity index is 274. The second kappa shape index (κ2) is 7.10. The first-order chi connectivity index (χ1) is 7.33. The fourth-order valence-corrected chi connectivity index (χ4v) is 1.59. The van der Waals surface area contributed by atoms with Gasteiger partial charge < -0.3 is 5.32 Å². The fraction of sp³-hybridized carbons (Fsp3) is 0.429. The zero-order valence-electron chi connectivity index (χ0n) is 9.63. The number of hydrogen-bond donors (Lipinski definition) is 1. The van der Waals surface area contributed by atoms with E-state index in [0.29, 0.717) is 0 Å². The van der Waals surface area contributed by atoms with Crippen LogP contribution in [-0.4, -0.2) is 6.54 Å². The van der Waals surface area contributed by atoms with Crippen molar-refractivity contribution in [1.82, 2.24) is 5.32 Å². The lowest BCUT2D eigenvalue weighted by Crippen LogP contribution is -2.05. The summed E-state index contributed by atoms with van der Waals surface area (Å²) in [5.74, 6) is 0. The Morgan fingerprint density at radius 1 is 1.13 bits per heavy atom. The van der Waals surface area contributed by atoms with E-state index in [-0.39, 0.29) is 0 Å². The first-order valence-electron chi connectivity index (χ1n) is 5.73. The fourth-order valence-electron chi connectivity index (χ4n) is 1.59. The van der Waals surface area contributed by atoms with E-state index in [0.717, 1.165) is 6.54 Å². The molecule has 1 N–H and O–H groups in total. The third kappa shape index (κ3) is 5.26. The van der Waals surface area contributed by atoms with Crippen molar-refractivity contribution >= 4 is 0 Å². The minimum Gasteiger partial charge on any atom is -0.391 e. The summed E-state index contributed by atoms with van der Waals surface area (Å²) < 4.78 is 0. The van der Waals surface area contributed by atoms with Crippen LogP contribution in [0, 0.1) is 6.92 Å². The van der Waals surface area contributed by atoms with E-state index >= 15 is 0 Å². The van der Waals surface area contributed by atoms with Crippen LogP contribution in [0.4, 0.5) is 0 Å². The van der Waals surface area contributed by atoms with Crippen LogP contribution in [0.15, 0.2) is 37.0 Å². The summed E-state index contributed by atoms with van der Waals surface area (Å²) in [5.41, 5.74) is 2.80. The zero-order chi connectivity index (χ0) is 10.9. The van der Waals surface area contributed by atoms with Crippen LogP contribution in [0.25, 0.3) is 0 Å². The van der Waals surface area contributed by atoms with Gasteiger partial charge in [0.1, 0.15) is 0 Å². The molecule has 1 aromatic carbocycles. The molecule has 0 bridgehead atoms. The van der Waals surface area contributed by atoms with Gasteiger partial charge in [0.05, 0.1) is 0 Å². The van der Waals surface area contributed by atoms with Crippen molar-refractivity contribution in [3.63, 3.8) is 0 Å². The molecule has 0 saturated heterocycles. The molecule has 0 aromatic heterocycles. The van der Waals surface area contributed by atoms with Crippen molar-refractivity contribution in [3.05, 3.63) is 48.2 Å². The second-order valence-electron chi connectivity index (χ2n) is 3.95. The van der Waals surface area contributed by atoms with Gasteiger partial charge in [0.15, 0.2) is 0 Å². The molecular weight excluding hydrogens is 182 g/mol. The maximum Gasteiger partial charge on any atom is 0.0141 e. The summed E-state index contributed by atoms with van der Waals surface area (Å²) >= 11 is 0. The summed E-state index contributed by atoms with van der Waals surface area (Å²) in [5, 5.41) is 3.12. The molecule has 0 atom stereocenters. The van der Waals surface area contributed by atoms with Gasteiger partial charge >= 0.3 is 0 Å². The summed E-state index contributed by atoms with van der Waals surface area (Å²) in [6.07, 6.45) is 6.77. The van der Waals surface area contributed by atoms with E-state index in [4.69, 9.17) is 0 Å². The summed E-state index contributed by atoms with van der Waals surface area (Å²) in [4.78, 5) is 0. The van der Waals surface area contributed by atoms with Gasteiger partial charge in [-0.15, -0.1) is 0 Å². The number of hydrogen-bond acceptors (Lipinski definition) is 1. The van der Waals surface area contributed by atoms with Crippen molar-refractivity contribution < 1.29 is 0 Å². The predicted octanol–water partition coefficient (Wildman–Crippen LogP) is 3.44. The Balaban J connectivity index is 2.09. The van der Waals surface area contributed by atoms with Crippen molar-refractivity contribution in [2.75, 3.05) is 6.54 Å². The molecule has 0 unspecified atom stereocenters. The SMILES string of the molecule is C=CNCCCCCc1ccc(C)cc1. The van der Waals surface area contributed by atoms with Gasteiger partial charge in [-0.05, 0) is 37.9 Å². The third-order valence-electron chi connectivity index (χ3n) is 2.55. The lowest BCUT2D eigenvalue weighted by molar-refractivity contribution is 0.655. The van der Waals surface area contributed by atoms with Crippen molar-refractivity contribution in [3.8, 4) is 0 Å². The molecule has 1 rings (SSSR count). The monoisotopic (exact) mass is 203 g/mol. The minimum atomic E-state index is 1.05. The highest BCUT2D eigenvalue weighted by Crippen LogP contribution is 2.07. The maximum atomic E-state index is 3.62. The van der Waals surface area contributed by atoms with Gasteiger partial charge in [0.25, 0.3) is 0 Å². The Kier molecular flexibility index (Phi) is 5.60. The average Bonchev–Trinajstić information content (AvgIpc) is 2.26. The molecule has 82 valence electrons. The molecule has 0 saturated carbocycles. The Morgan fingerprint density at radius 3 is 2.53 bits per heavy atom. The molecular formula is C14H21N. The lowest BCUT2D eigenvalue weighted by atomic mass is 10.1. The molecule has 0 aliphatic carbocycles. The zero-order valence-corrected chi connectivity index (χ0v) is 9.63. The Morgan fingerprint density at radius 2 is 1.87 bits per heavy atom. The number of unbranched alkanes of at least 4 members (excludes halogenated alkanes) is 2. The normalized spacial score (nSPS) is 9.93. The molecule has 0 fully saturated rings. The largest absolute Gasteiger partial charge is 0.391 e. The van der Waals surface area contributed by atoms with Gasteiger partial charge in [-0.2, -0.15) is 0 Å². The van der Waals surface area contributed by atoms with E-state index in [1.54, 1.807) is 6.20 Å². The Labute approximate surface area is 93.2 Å². The molecule has 0 radical (unpaired) electrons. The van der Waals surface area contributed by atoms with E-state index in [9.17, 15) is 0 Å². The highest BCUT2D eigenvalue weighted by atomic mass is 14.8. The standard InChI is InChI=1S/C14H21N/c1-3-15-12-6-4-5-7-14-10-8-13(2)9-11-14/h3,8-11,15H,1,4-7,12H2,2H3. The Hall–Kier alpha value is -1.24. The highest BCUT2D eigenvalue weighted by molar-refractivity contribution is 5.21. The quantitative estimate of drug-likeness (QED) is 0.669. The van der Waals surface area contributed by atoms with Gasteiger partial charge in [-0.3, -0.25) is 0 Å². The van der Waals surface area contributed by atoms with E-state index in [1.165, 1.54) is 36.8 Å². The minimum absolute atomic E-state index is 1.05. The molecule has 1 aromatic rings. The topological polar surface area (TPSA) is 12.0 Å². The number of aryl methyl sites for hydroxylation is 2. The van der Waals surface area contributed by atoms with Crippen LogP contribution < -0.4 is 5.32 Å². The van der Waals surface area contributed by atoms with Gasteiger partial charge in [0, 0.05) is 6.54 Å². The third-order valence-corrected chi connectivity index (χ3v) is 2.55. The van der Waals surface area contributed by atoms with Crippen LogP contribution in [0.5, 0.6) is 0 Å². The van der Waals surface area contributed by atoms with Crippen LogP contribution in [0.1, 0.15) is 30.4 Å². The van der Waals surface area contributed by atoms with Gasteiger partial charge in [-0.25, -0.2) is 0 Å². The molecule has 0 spiro atoms. The molecule has 0 aliphatic heterocycles. The molecule has 0 heterocycles. The molecule has 0 amide bonds. The summed E-state index contributed by atoms with van der Waals surface area (Å²) in [7, 11) is 0. The summed E-state index contributed by atoms with van der Waals surface area (Å²) in [6.45, 7) is 6.81. The van der Waals surface area contributed by atoms with Crippen LogP contribution in [0.2, 0.25) is 0 Å². The number of benzene rings is 1. The highest BCUT2D eigenvalue weighted by Gasteiger charge is 1.93. The second-order valence-corrected chi connectivity index (χ2v) is 3.95. The van der Waals surface area contributed by atoms with Gasteiger partial charge in [0.2, 0.25) is 0 Å². The van der Waals surface area contributed by atoms with Crippen molar-refractivity contribution in [2.45, 2.75) is 32.6 Å². The van der Waals surface area contributed by atoms with Crippen LogP contribution >= 0.6 is 0 Å². The first kappa shape index (κ1) is 11.8. The van der Waals surface area contributed by atoms with E-state index < -0.39 is 0 Å².